The van der Waals surface area contributed by atoms with E-state index in [1.54, 1.807) is 25.2 Å². The van der Waals surface area contributed by atoms with Crippen molar-refractivity contribution >= 4 is 29.2 Å². The largest absolute Gasteiger partial charge is 0.846 e. The van der Waals surface area contributed by atoms with Crippen LogP contribution in [-0.2, 0) is 6.54 Å². The normalized spacial score (nSPS) is 11.6. The second-order valence-electron chi connectivity index (χ2n) is 3.10. The highest BCUT2D eigenvalue weighted by Crippen LogP contribution is 2.21. The molecule has 0 amide bonds. The van der Waals surface area contributed by atoms with Crippen LogP contribution in [0.2, 0.25) is 10.0 Å². The molecule has 1 aromatic carbocycles. The molecule has 0 saturated carbocycles. The second kappa shape index (κ2) is 5.24. The molecule has 0 N–H and O–H groups in total. The Bertz CT molecular complexity index is 380. The van der Waals surface area contributed by atoms with Gasteiger partial charge in [0.2, 0.25) is 0 Å². The minimum absolute atomic E-state index is 0.277. The Morgan fingerprint density at radius 1 is 1.47 bits per heavy atom. The van der Waals surface area contributed by atoms with Gasteiger partial charge in [-0.15, -0.1) is 0 Å². The molecule has 0 unspecified atom stereocenters. The Hall–Kier alpha value is -0.930. The van der Waals surface area contributed by atoms with Crippen molar-refractivity contribution in [3.05, 3.63) is 33.8 Å². The maximum atomic E-state index is 11.2. The molecule has 1 rings (SSSR count). The fourth-order valence-corrected chi connectivity index (χ4v) is 1.61. The Labute approximate surface area is 98.9 Å². The zero-order valence-electron chi connectivity index (χ0n) is 8.50. The average Bonchev–Trinajstić information content (AvgIpc) is 2.20. The van der Waals surface area contributed by atoms with Crippen molar-refractivity contribution in [2.24, 2.45) is 4.99 Å². The van der Waals surface area contributed by atoms with Crippen molar-refractivity contribution in [1.29, 1.82) is 0 Å². The monoisotopic (exact) mass is 245 g/mol. The van der Waals surface area contributed by atoms with E-state index in [0.29, 0.717) is 16.6 Å². The van der Waals surface area contributed by atoms with E-state index in [2.05, 4.69) is 4.99 Å². The summed E-state index contributed by atoms with van der Waals surface area (Å²) < 4.78 is 0. The Balaban J connectivity index is 2.81. The highest BCUT2D eigenvalue weighted by Gasteiger charge is 2.03. The SMILES string of the molecule is CN=C([O-])N(C)Cc1ccc(Cl)cc1Cl. The lowest BCUT2D eigenvalue weighted by molar-refractivity contribution is -0.234. The number of amidine groups is 1. The van der Waals surface area contributed by atoms with Crippen molar-refractivity contribution in [3.63, 3.8) is 0 Å². The molecule has 82 valence electrons. The van der Waals surface area contributed by atoms with Crippen molar-refractivity contribution in [2.75, 3.05) is 14.1 Å². The van der Waals surface area contributed by atoms with Gasteiger partial charge in [0.05, 0.1) is 0 Å². The van der Waals surface area contributed by atoms with Crippen LogP contribution in [0.25, 0.3) is 0 Å². The smallest absolute Gasteiger partial charge is 0.0495 e. The third-order valence-electron chi connectivity index (χ3n) is 1.94. The van der Waals surface area contributed by atoms with Gasteiger partial charge in [-0.1, -0.05) is 29.3 Å². The standard InChI is InChI=1S/C10H12Cl2N2O/c1-13-10(15)14(2)6-7-3-4-8(11)5-9(7)12/h3-5H,6H2,1-2H3,(H,13,15)/p-1. The number of benzene rings is 1. The summed E-state index contributed by atoms with van der Waals surface area (Å²) in [7, 11) is 3.13. The van der Waals surface area contributed by atoms with Crippen LogP contribution in [0.5, 0.6) is 0 Å². The van der Waals surface area contributed by atoms with Gasteiger partial charge in [-0.3, -0.25) is 4.99 Å². The van der Waals surface area contributed by atoms with E-state index in [1.165, 1.54) is 11.9 Å². The lowest BCUT2D eigenvalue weighted by Crippen LogP contribution is -2.36. The first-order chi connectivity index (χ1) is 7.04. The molecule has 0 heterocycles. The van der Waals surface area contributed by atoms with Crippen LogP contribution in [-0.4, -0.2) is 25.0 Å². The molecule has 0 aromatic heterocycles. The predicted octanol–water partition coefficient (Wildman–Crippen LogP) is 1.77. The summed E-state index contributed by atoms with van der Waals surface area (Å²) in [5, 5.41) is 12.3. The van der Waals surface area contributed by atoms with Crippen LogP contribution in [0.15, 0.2) is 23.2 Å². The van der Waals surface area contributed by atoms with Gasteiger partial charge in [0.15, 0.2) is 0 Å². The highest BCUT2D eigenvalue weighted by atomic mass is 35.5. The predicted molar refractivity (Wildman–Crippen MR) is 61.3 cm³/mol. The maximum Gasteiger partial charge on any atom is 0.0495 e. The lowest BCUT2D eigenvalue weighted by Gasteiger charge is -2.25. The van der Waals surface area contributed by atoms with Gasteiger partial charge in [0.1, 0.15) is 0 Å². The van der Waals surface area contributed by atoms with E-state index >= 15 is 0 Å². The average molecular weight is 246 g/mol. The van der Waals surface area contributed by atoms with Gasteiger partial charge in [-0.2, -0.15) is 0 Å². The van der Waals surface area contributed by atoms with Crippen LogP contribution >= 0.6 is 23.2 Å². The van der Waals surface area contributed by atoms with E-state index in [0.717, 1.165) is 5.56 Å². The minimum atomic E-state index is -0.277. The van der Waals surface area contributed by atoms with E-state index in [-0.39, 0.29) is 6.02 Å². The zero-order chi connectivity index (χ0) is 11.4. The van der Waals surface area contributed by atoms with E-state index in [1.807, 2.05) is 0 Å². The van der Waals surface area contributed by atoms with Gasteiger partial charge in [-0.05, 0) is 17.7 Å². The molecule has 0 fully saturated rings. The number of rotatable bonds is 2. The molecule has 0 aliphatic rings. The molecule has 0 radical (unpaired) electrons. The number of hydrogen-bond acceptors (Lipinski definition) is 2. The summed E-state index contributed by atoms with van der Waals surface area (Å²) in [6, 6.07) is 4.91. The molecule has 0 saturated heterocycles. The number of aliphatic imine (C=N–C) groups is 1. The van der Waals surface area contributed by atoms with Crippen LogP contribution in [0.3, 0.4) is 0 Å². The molecular formula is C10H11Cl2N2O-. The second-order valence-corrected chi connectivity index (χ2v) is 3.94. The zero-order valence-corrected chi connectivity index (χ0v) is 10.0. The van der Waals surface area contributed by atoms with Gasteiger partial charge < -0.3 is 10.0 Å². The van der Waals surface area contributed by atoms with Gasteiger partial charge in [0, 0.05) is 36.7 Å². The van der Waals surface area contributed by atoms with E-state index in [9.17, 15) is 5.11 Å². The first kappa shape index (κ1) is 12.1. The van der Waals surface area contributed by atoms with Crippen molar-refractivity contribution in [1.82, 2.24) is 4.90 Å². The fourth-order valence-electron chi connectivity index (χ4n) is 1.14. The van der Waals surface area contributed by atoms with E-state index in [4.69, 9.17) is 23.2 Å². The molecule has 5 heteroatoms. The number of halogens is 2. The molecule has 3 nitrogen and oxygen atoms in total. The third kappa shape index (κ3) is 3.29. The topological polar surface area (TPSA) is 38.7 Å². The number of nitrogens with zero attached hydrogens (tertiary/aromatic N) is 2. The summed E-state index contributed by atoms with van der Waals surface area (Å²) in [4.78, 5) is 5.03. The minimum Gasteiger partial charge on any atom is -0.846 e. The molecule has 0 atom stereocenters. The maximum absolute atomic E-state index is 11.2. The summed E-state index contributed by atoms with van der Waals surface area (Å²) >= 11 is 11.7. The van der Waals surface area contributed by atoms with Gasteiger partial charge in [0.25, 0.3) is 0 Å². The van der Waals surface area contributed by atoms with Gasteiger partial charge >= 0.3 is 0 Å². The van der Waals surface area contributed by atoms with Crippen molar-refractivity contribution in [3.8, 4) is 0 Å². The van der Waals surface area contributed by atoms with E-state index < -0.39 is 0 Å². The Morgan fingerprint density at radius 2 is 2.13 bits per heavy atom. The lowest BCUT2D eigenvalue weighted by atomic mass is 10.2. The molecule has 0 spiro atoms. The Kier molecular flexibility index (Phi) is 4.24. The summed E-state index contributed by atoms with van der Waals surface area (Å²) in [5.74, 6) is 0. The molecular weight excluding hydrogens is 235 g/mol. The fraction of sp³-hybridized carbons (Fsp3) is 0.300. The highest BCUT2D eigenvalue weighted by molar-refractivity contribution is 6.35. The molecule has 15 heavy (non-hydrogen) atoms. The van der Waals surface area contributed by atoms with Crippen molar-refractivity contribution < 1.29 is 5.11 Å². The van der Waals surface area contributed by atoms with Crippen LogP contribution < -0.4 is 5.11 Å². The third-order valence-corrected chi connectivity index (χ3v) is 2.53. The first-order valence-corrected chi connectivity index (χ1v) is 5.09. The number of hydrogen-bond donors (Lipinski definition) is 0. The molecule has 0 aliphatic heterocycles. The summed E-state index contributed by atoms with van der Waals surface area (Å²) in [5.41, 5.74) is 0.848. The van der Waals surface area contributed by atoms with Crippen molar-refractivity contribution in [2.45, 2.75) is 6.54 Å². The summed E-state index contributed by atoms with van der Waals surface area (Å²) in [6.45, 7) is 0.423. The quantitative estimate of drug-likeness (QED) is 0.589. The molecule has 0 bridgehead atoms. The Morgan fingerprint density at radius 3 is 2.67 bits per heavy atom. The first-order valence-electron chi connectivity index (χ1n) is 4.33. The molecule has 1 aromatic rings. The van der Waals surface area contributed by atoms with Gasteiger partial charge in [-0.25, -0.2) is 0 Å². The molecule has 0 aliphatic carbocycles. The van der Waals surface area contributed by atoms with Crippen LogP contribution in [0.4, 0.5) is 0 Å². The summed E-state index contributed by atoms with van der Waals surface area (Å²) in [6.07, 6.45) is 0. The van der Waals surface area contributed by atoms with Crippen LogP contribution in [0, 0.1) is 0 Å². The van der Waals surface area contributed by atoms with Crippen LogP contribution in [0.1, 0.15) is 5.56 Å².